The Morgan fingerprint density at radius 3 is 2.65 bits per heavy atom. The third-order valence-corrected chi connectivity index (χ3v) is 9.86. The summed E-state index contributed by atoms with van der Waals surface area (Å²) in [5.74, 6) is -0.0886. The van der Waals surface area contributed by atoms with E-state index in [0.29, 0.717) is 43.7 Å². The zero-order chi connectivity index (χ0) is 28.0. The normalized spacial score (nSPS) is 21.4. The van der Waals surface area contributed by atoms with Crippen molar-refractivity contribution < 1.29 is 32.2 Å². The fourth-order valence-electron chi connectivity index (χ4n) is 5.89. The van der Waals surface area contributed by atoms with Crippen LogP contribution in [-0.2, 0) is 27.6 Å². The number of anilines is 1. The number of carboxylic acids is 1. The van der Waals surface area contributed by atoms with E-state index in [1.165, 1.54) is 6.07 Å². The Labute approximate surface area is 233 Å². The van der Waals surface area contributed by atoms with Crippen molar-refractivity contribution in [3.8, 4) is 22.6 Å². The highest BCUT2D eigenvalue weighted by Gasteiger charge is 2.45. The van der Waals surface area contributed by atoms with Crippen molar-refractivity contribution in [3.05, 3.63) is 76.6 Å². The molecule has 0 unspecified atom stereocenters. The van der Waals surface area contributed by atoms with Crippen LogP contribution in [0.4, 0.5) is 10.1 Å². The van der Waals surface area contributed by atoms with Gasteiger partial charge in [0.05, 0.1) is 24.0 Å². The fraction of sp³-hybridized carbons (Fsp3) is 0.387. The maximum Gasteiger partial charge on any atom is 0.307 e. The van der Waals surface area contributed by atoms with Crippen molar-refractivity contribution in [2.75, 3.05) is 23.4 Å². The molecule has 0 radical (unpaired) electrons. The molecule has 2 fully saturated rings. The van der Waals surface area contributed by atoms with Crippen LogP contribution in [0.3, 0.4) is 0 Å². The minimum atomic E-state index is -2.95. The molecule has 2 N–H and O–H groups in total. The van der Waals surface area contributed by atoms with E-state index in [4.69, 9.17) is 14.6 Å². The Kier molecular flexibility index (Phi) is 6.94. The number of aryl methyl sites for hydroxylation is 1. The van der Waals surface area contributed by atoms with E-state index >= 15 is 0 Å². The van der Waals surface area contributed by atoms with Gasteiger partial charge in [0.1, 0.15) is 23.4 Å². The number of carboxylic acid groups (broad SMARTS) is 1. The van der Waals surface area contributed by atoms with Gasteiger partial charge in [-0.25, -0.2) is 12.8 Å². The smallest absolute Gasteiger partial charge is 0.307 e. The maximum absolute atomic E-state index is 14.7. The van der Waals surface area contributed by atoms with Crippen molar-refractivity contribution in [2.45, 2.75) is 51.2 Å². The number of sulfone groups is 1. The monoisotopic (exact) mass is 565 g/mol. The summed E-state index contributed by atoms with van der Waals surface area (Å²) in [7, 11) is -2.95. The van der Waals surface area contributed by atoms with Gasteiger partial charge in [-0.3, -0.25) is 4.79 Å². The number of ether oxygens (including phenoxy) is 2. The third kappa shape index (κ3) is 5.52. The van der Waals surface area contributed by atoms with E-state index in [0.717, 1.165) is 45.7 Å². The standard InChI is InChI=1S/C31H32FNO6S/c1-18-12-23(39-22-7-10-40(36,37)11-8-22)14-20-6-9-38-29-5-2-19(13-27(29)30(18)20)17-33-21-3-4-24(28(32)15-21)25-16-26(25)31(34)35/h2-5,12-15,22,25-26,33H,6-11,16-17H2,1H3,(H,34,35)/t25-,26+/m1/s1. The second kappa shape index (κ2) is 10.4. The molecule has 0 amide bonds. The molecule has 210 valence electrons. The molecule has 40 heavy (non-hydrogen) atoms. The number of halogens is 1. The number of hydrogen-bond acceptors (Lipinski definition) is 6. The Hall–Kier alpha value is -3.59. The Balaban J connectivity index is 1.19. The lowest BCUT2D eigenvalue weighted by molar-refractivity contribution is -0.138. The number of rotatable bonds is 7. The van der Waals surface area contributed by atoms with E-state index in [1.807, 2.05) is 24.3 Å². The van der Waals surface area contributed by atoms with Crippen LogP contribution < -0.4 is 14.8 Å². The van der Waals surface area contributed by atoms with Gasteiger partial charge in [0.2, 0.25) is 0 Å². The summed E-state index contributed by atoms with van der Waals surface area (Å²) in [6.45, 7) is 3.07. The second-order valence-corrected chi connectivity index (χ2v) is 13.4. The predicted octanol–water partition coefficient (Wildman–Crippen LogP) is 5.49. The van der Waals surface area contributed by atoms with Crippen LogP contribution in [0.1, 0.15) is 47.4 Å². The van der Waals surface area contributed by atoms with Gasteiger partial charge in [-0.2, -0.15) is 0 Å². The minimum absolute atomic E-state index is 0.102. The zero-order valence-corrected chi connectivity index (χ0v) is 23.1. The molecule has 7 nitrogen and oxygen atoms in total. The molecular formula is C31H32FNO6S. The number of aliphatic carboxylic acids is 1. The summed E-state index contributed by atoms with van der Waals surface area (Å²) < 4.78 is 50.6. The fourth-order valence-corrected chi connectivity index (χ4v) is 7.33. The topological polar surface area (TPSA) is 102 Å². The first-order chi connectivity index (χ1) is 19.2. The predicted molar refractivity (Wildman–Crippen MR) is 150 cm³/mol. The van der Waals surface area contributed by atoms with Crippen LogP contribution in [0.15, 0.2) is 48.5 Å². The number of carbonyl (C=O) groups is 1. The van der Waals surface area contributed by atoms with Crippen LogP contribution in [0, 0.1) is 18.7 Å². The Bertz CT molecular complexity index is 1570. The van der Waals surface area contributed by atoms with Gasteiger partial charge < -0.3 is 19.9 Å². The highest BCUT2D eigenvalue weighted by molar-refractivity contribution is 7.91. The molecule has 1 aliphatic carbocycles. The van der Waals surface area contributed by atoms with Crippen molar-refractivity contribution in [2.24, 2.45) is 5.92 Å². The first-order valence-electron chi connectivity index (χ1n) is 13.7. The Morgan fingerprint density at radius 1 is 1.12 bits per heavy atom. The molecule has 2 heterocycles. The van der Waals surface area contributed by atoms with Crippen molar-refractivity contribution in [1.82, 2.24) is 0 Å². The summed E-state index contributed by atoms with van der Waals surface area (Å²) in [6.07, 6.45) is 2.13. The maximum atomic E-state index is 14.7. The summed E-state index contributed by atoms with van der Waals surface area (Å²) in [5, 5.41) is 12.4. The van der Waals surface area contributed by atoms with Gasteiger partial charge in [-0.05, 0) is 90.4 Å². The molecule has 1 saturated carbocycles. The molecule has 0 spiro atoms. The van der Waals surface area contributed by atoms with Crippen LogP contribution in [-0.4, -0.2) is 43.7 Å². The van der Waals surface area contributed by atoms with Gasteiger partial charge in [0.15, 0.2) is 9.84 Å². The summed E-state index contributed by atoms with van der Waals surface area (Å²) in [4.78, 5) is 11.2. The van der Waals surface area contributed by atoms with E-state index in [9.17, 15) is 17.6 Å². The Morgan fingerprint density at radius 2 is 1.93 bits per heavy atom. The van der Waals surface area contributed by atoms with Gasteiger partial charge >= 0.3 is 5.97 Å². The summed E-state index contributed by atoms with van der Waals surface area (Å²) >= 11 is 0. The van der Waals surface area contributed by atoms with Crippen LogP contribution in [0.2, 0.25) is 0 Å². The average Bonchev–Trinajstić information content (AvgIpc) is 3.72. The molecule has 2 aliphatic heterocycles. The lowest BCUT2D eigenvalue weighted by atomic mass is 9.92. The van der Waals surface area contributed by atoms with E-state index < -0.39 is 21.7 Å². The molecule has 0 aromatic heterocycles. The van der Waals surface area contributed by atoms with E-state index in [1.54, 1.807) is 12.1 Å². The highest BCUT2D eigenvalue weighted by atomic mass is 32.2. The van der Waals surface area contributed by atoms with Crippen LogP contribution in [0.5, 0.6) is 11.5 Å². The van der Waals surface area contributed by atoms with Crippen molar-refractivity contribution in [3.63, 3.8) is 0 Å². The van der Waals surface area contributed by atoms with Gasteiger partial charge in [0, 0.05) is 30.1 Å². The van der Waals surface area contributed by atoms with Crippen LogP contribution in [0.25, 0.3) is 11.1 Å². The minimum Gasteiger partial charge on any atom is -0.493 e. The number of nitrogens with one attached hydrogen (secondary N) is 1. The summed E-state index contributed by atoms with van der Waals surface area (Å²) in [5.41, 5.74) is 6.40. The van der Waals surface area contributed by atoms with Gasteiger partial charge in [-0.15, -0.1) is 0 Å². The van der Waals surface area contributed by atoms with E-state index in [-0.39, 0.29) is 29.3 Å². The molecule has 9 heteroatoms. The van der Waals surface area contributed by atoms with E-state index in [2.05, 4.69) is 18.3 Å². The first kappa shape index (κ1) is 26.6. The van der Waals surface area contributed by atoms with Gasteiger partial charge in [-0.1, -0.05) is 12.1 Å². The third-order valence-electron chi connectivity index (χ3n) is 8.14. The van der Waals surface area contributed by atoms with Crippen molar-refractivity contribution in [1.29, 1.82) is 0 Å². The molecule has 3 aliphatic rings. The number of benzene rings is 3. The summed E-state index contributed by atoms with van der Waals surface area (Å²) in [6, 6.07) is 15.0. The lowest BCUT2D eigenvalue weighted by Gasteiger charge is -2.24. The molecule has 0 bridgehead atoms. The molecule has 6 rings (SSSR count). The average molecular weight is 566 g/mol. The molecule has 3 aromatic rings. The zero-order valence-electron chi connectivity index (χ0n) is 22.3. The molecule has 1 saturated heterocycles. The van der Waals surface area contributed by atoms with Gasteiger partial charge in [0.25, 0.3) is 0 Å². The molecule has 3 aromatic carbocycles. The lowest BCUT2D eigenvalue weighted by Crippen LogP contribution is -2.30. The molecular weight excluding hydrogens is 533 g/mol. The van der Waals surface area contributed by atoms with Crippen LogP contribution >= 0.6 is 0 Å². The van der Waals surface area contributed by atoms with Crippen molar-refractivity contribution >= 4 is 21.5 Å². The SMILES string of the molecule is Cc1cc(OC2CCS(=O)(=O)CC2)cc2c1-c1cc(CNc3ccc([C@H]4C[C@@H]4C(=O)O)c(F)c3)ccc1OCC2. The number of hydrogen-bond donors (Lipinski definition) is 2. The largest absolute Gasteiger partial charge is 0.493 e. The first-order valence-corrected chi connectivity index (χ1v) is 15.5. The second-order valence-electron chi connectivity index (χ2n) is 11.0. The molecule has 2 atom stereocenters. The highest BCUT2D eigenvalue weighted by Crippen LogP contribution is 2.48. The number of fused-ring (bicyclic) bond motifs is 3. The quantitative estimate of drug-likeness (QED) is 0.391.